The summed E-state index contributed by atoms with van der Waals surface area (Å²) in [6.45, 7) is 2.23. The molecule has 142 valence electrons. The Morgan fingerprint density at radius 2 is 1.93 bits per heavy atom. The minimum atomic E-state index is -0.562. The Bertz CT molecular complexity index is 945. The minimum Gasteiger partial charge on any atom is -0.369 e. The predicted molar refractivity (Wildman–Crippen MR) is 109 cm³/mol. The number of carbonyl (C=O) groups is 1. The third kappa shape index (κ3) is 3.80. The number of hydrogen-bond acceptors (Lipinski definition) is 4. The molecule has 0 spiro atoms. The first-order valence-corrected chi connectivity index (χ1v) is 9.57. The molecular weight excluding hydrogens is 348 g/mol. The standard InChI is InChI=1S/C23H24N4O/c24-22(28)23(10-13-27(17-23)16-20-8-3-4-12-26-20)14-18-6-1-2-9-21(18)19-7-5-11-25-15-19/h1-9,11-12,15H,10,13-14,16-17H2,(H2,24,28)/t23-/m0/s1. The van der Waals surface area contributed by atoms with Crippen LogP contribution in [0.4, 0.5) is 0 Å². The van der Waals surface area contributed by atoms with Gasteiger partial charge >= 0.3 is 0 Å². The van der Waals surface area contributed by atoms with Gasteiger partial charge in [0, 0.05) is 37.2 Å². The van der Waals surface area contributed by atoms with Gasteiger partial charge in [0.25, 0.3) is 0 Å². The number of primary amides is 1. The van der Waals surface area contributed by atoms with Crippen LogP contribution in [-0.4, -0.2) is 33.9 Å². The first kappa shape index (κ1) is 18.3. The lowest BCUT2D eigenvalue weighted by Crippen LogP contribution is -2.41. The topological polar surface area (TPSA) is 72.1 Å². The summed E-state index contributed by atoms with van der Waals surface area (Å²) < 4.78 is 0. The zero-order valence-electron chi connectivity index (χ0n) is 15.8. The molecule has 1 aliphatic rings. The van der Waals surface area contributed by atoms with Gasteiger partial charge in [0.1, 0.15) is 0 Å². The summed E-state index contributed by atoms with van der Waals surface area (Å²) in [5.74, 6) is -0.225. The van der Waals surface area contributed by atoms with Gasteiger partial charge in [0.05, 0.1) is 11.1 Å². The van der Waals surface area contributed by atoms with Crippen molar-refractivity contribution in [2.24, 2.45) is 11.1 Å². The van der Waals surface area contributed by atoms with Crippen molar-refractivity contribution in [3.05, 3.63) is 84.4 Å². The molecular formula is C23H24N4O. The van der Waals surface area contributed by atoms with Crippen LogP contribution in [0.5, 0.6) is 0 Å². The van der Waals surface area contributed by atoms with Crippen molar-refractivity contribution in [3.63, 3.8) is 0 Å². The molecule has 4 rings (SSSR count). The average Bonchev–Trinajstić information content (AvgIpc) is 3.14. The zero-order valence-corrected chi connectivity index (χ0v) is 15.8. The Morgan fingerprint density at radius 3 is 2.68 bits per heavy atom. The second-order valence-electron chi connectivity index (χ2n) is 7.50. The van der Waals surface area contributed by atoms with Gasteiger partial charge in [-0.05, 0) is 48.7 Å². The Labute approximate surface area is 165 Å². The molecule has 0 radical (unpaired) electrons. The Morgan fingerprint density at radius 1 is 1.07 bits per heavy atom. The van der Waals surface area contributed by atoms with E-state index in [4.69, 9.17) is 5.73 Å². The molecule has 0 unspecified atom stereocenters. The molecule has 1 amide bonds. The van der Waals surface area contributed by atoms with Gasteiger partial charge in [-0.3, -0.25) is 19.7 Å². The van der Waals surface area contributed by atoms with Crippen LogP contribution in [0, 0.1) is 5.41 Å². The van der Waals surface area contributed by atoms with Crippen molar-refractivity contribution in [1.82, 2.24) is 14.9 Å². The number of benzene rings is 1. The summed E-state index contributed by atoms with van der Waals surface area (Å²) in [6.07, 6.45) is 6.82. The van der Waals surface area contributed by atoms with E-state index in [1.165, 1.54) is 0 Å². The van der Waals surface area contributed by atoms with E-state index >= 15 is 0 Å². The van der Waals surface area contributed by atoms with Crippen molar-refractivity contribution in [3.8, 4) is 11.1 Å². The lowest BCUT2D eigenvalue weighted by Gasteiger charge is -2.27. The maximum absolute atomic E-state index is 12.5. The molecule has 0 saturated carbocycles. The molecule has 1 fully saturated rings. The van der Waals surface area contributed by atoms with Crippen molar-refractivity contribution >= 4 is 5.91 Å². The lowest BCUT2D eigenvalue weighted by molar-refractivity contribution is -0.127. The molecule has 28 heavy (non-hydrogen) atoms. The SMILES string of the molecule is NC(=O)[C@]1(Cc2ccccc2-c2cccnc2)CCN(Cc2ccccn2)C1. The Kier molecular flexibility index (Phi) is 5.17. The summed E-state index contributed by atoms with van der Waals surface area (Å²) in [6, 6.07) is 18.1. The predicted octanol–water partition coefficient (Wildman–Crippen LogP) is 3.06. The van der Waals surface area contributed by atoms with Crippen LogP contribution >= 0.6 is 0 Å². The van der Waals surface area contributed by atoms with Crippen LogP contribution in [0.15, 0.2) is 73.2 Å². The van der Waals surface area contributed by atoms with Crippen LogP contribution in [0.1, 0.15) is 17.7 Å². The summed E-state index contributed by atoms with van der Waals surface area (Å²) >= 11 is 0. The lowest BCUT2D eigenvalue weighted by atomic mass is 9.78. The fourth-order valence-corrected chi connectivity index (χ4v) is 4.09. The van der Waals surface area contributed by atoms with Gasteiger partial charge < -0.3 is 5.73 Å². The molecule has 3 aromatic rings. The van der Waals surface area contributed by atoms with Gasteiger partial charge in [0.2, 0.25) is 5.91 Å². The fraction of sp³-hybridized carbons (Fsp3) is 0.261. The van der Waals surface area contributed by atoms with E-state index in [1.807, 2.05) is 48.7 Å². The normalized spacial score (nSPS) is 19.6. The number of amides is 1. The smallest absolute Gasteiger partial charge is 0.225 e. The molecule has 0 aliphatic carbocycles. The van der Waals surface area contributed by atoms with Gasteiger partial charge in [-0.15, -0.1) is 0 Å². The third-order valence-electron chi connectivity index (χ3n) is 5.59. The van der Waals surface area contributed by atoms with Crippen molar-refractivity contribution in [2.45, 2.75) is 19.4 Å². The van der Waals surface area contributed by atoms with Gasteiger partial charge in [-0.25, -0.2) is 0 Å². The summed E-state index contributed by atoms with van der Waals surface area (Å²) in [5.41, 5.74) is 9.68. The number of nitrogens with two attached hydrogens (primary N) is 1. The van der Waals surface area contributed by atoms with Gasteiger partial charge in [-0.1, -0.05) is 36.4 Å². The summed E-state index contributed by atoms with van der Waals surface area (Å²) in [5, 5.41) is 0. The minimum absolute atomic E-state index is 0.225. The second kappa shape index (κ2) is 7.90. The summed E-state index contributed by atoms with van der Waals surface area (Å²) in [7, 11) is 0. The zero-order chi connectivity index (χ0) is 19.4. The molecule has 1 atom stereocenters. The maximum Gasteiger partial charge on any atom is 0.225 e. The molecule has 0 bridgehead atoms. The van der Waals surface area contributed by atoms with E-state index in [1.54, 1.807) is 12.4 Å². The van der Waals surface area contributed by atoms with Crippen LogP contribution in [0.2, 0.25) is 0 Å². The Hall–Kier alpha value is -3.05. The van der Waals surface area contributed by atoms with E-state index < -0.39 is 5.41 Å². The fourth-order valence-electron chi connectivity index (χ4n) is 4.09. The first-order valence-electron chi connectivity index (χ1n) is 9.57. The molecule has 1 saturated heterocycles. The number of rotatable bonds is 6. The van der Waals surface area contributed by atoms with E-state index in [-0.39, 0.29) is 5.91 Å². The number of aromatic nitrogens is 2. The van der Waals surface area contributed by atoms with Gasteiger partial charge in [-0.2, -0.15) is 0 Å². The summed E-state index contributed by atoms with van der Waals surface area (Å²) in [4.78, 5) is 23.5. The molecule has 2 aromatic heterocycles. The molecule has 2 N–H and O–H groups in total. The van der Waals surface area contributed by atoms with Crippen molar-refractivity contribution < 1.29 is 4.79 Å². The van der Waals surface area contributed by atoms with Crippen LogP contribution in [-0.2, 0) is 17.8 Å². The highest BCUT2D eigenvalue weighted by molar-refractivity contribution is 5.82. The molecule has 5 nitrogen and oxygen atoms in total. The number of likely N-dealkylation sites (tertiary alicyclic amines) is 1. The monoisotopic (exact) mass is 372 g/mol. The van der Waals surface area contributed by atoms with E-state index in [2.05, 4.69) is 27.0 Å². The number of nitrogens with zero attached hydrogens (tertiary/aromatic N) is 3. The van der Waals surface area contributed by atoms with Crippen LogP contribution < -0.4 is 5.73 Å². The van der Waals surface area contributed by atoms with Gasteiger partial charge in [0.15, 0.2) is 0 Å². The maximum atomic E-state index is 12.5. The second-order valence-corrected chi connectivity index (χ2v) is 7.50. The van der Waals surface area contributed by atoms with Crippen molar-refractivity contribution in [2.75, 3.05) is 13.1 Å². The van der Waals surface area contributed by atoms with Crippen LogP contribution in [0.25, 0.3) is 11.1 Å². The highest BCUT2D eigenvalue weighted by Crippen LogP contribution is 2.37. The number of pyridine rings is 2. The average molecular weight is 372 g/mol. The molecule has 5 heteroatoms. The molecule has 1 aromatic carbocycles. The van der Waals surface area contributed by atoms with E-state index in [0.717, 1.165) is 41.9 Å². The van der Waals surface area contributed by atoms with Crippen molar-refractivity contribution in [1.29, 1.82) is 0 Å². The van der Waals surface area contributed by atoms with Crippen LogP contribution in [0.3, 0.4) is 0 Å². The third-order valence-corrected chi connectivity index (χ3v) is 5.59. The molecule has 3 heterocycles. The molecule has 1 aliphatic heterocycles. The largest absolute Gasteiger partial charge is 0.369 e. The van der Waals surface area contributed by atoms with E-state index in [9.17, 15) is 4.79 Å². The number of carbonyl (C=O) groups excluding carboxylic acids is 1. The number of hydrogen-bond donors (Lipinski definition) is 1. The first-order chi connectivity index (χ1) is 13.7. The highest BCUT2D eigenvalue weighted by Gasteiger charge is 2.43. The van der Waals surface area contributed by atoms with E-state index in [0.29, 0.717) is 13.0 Å². The Balaban J connectivity index is 1.58. The quantitative estimate of drug-likeness (QED) is 0.722. The highest BCUT2D eigenvalue weighted by atomic mass is 16.1.